The Morgan fingerprint density at radius 1 is 1.29 bits per heavy atom. The first kappa shape index (κ1) is 13.8. The van der Waals surface area contributed by atoms with Gasteiger partial charge in [-0.3, -0.25) is 0 Å². The van der Waals surface area contributed by atoms with Crippen LogP contribution in [0.5, 0.6) is 0 Å². The predicted molar refractivity (Wildman–Crippen MR) is 81.3 cm³/mol. The highest BCUT2D eigenvalue weighted by molar-refractivity contribution is 5.57. The largest absolute Gasteiger partial charge is 0.371 e. The van der Waals surface area contributed by atoms with Crippen LogP contribution in [0.1, 0.15) is 11.1 Å². The van der Waals surface area contributed by atoms with Crippen molar-refractivity contribution >= 4 is 17.5 Å². The molecule has 21 heavy (non-hydrogen) atoms. The normalized spacial score (nSPS) is 14.6. The maximum atomic E-state index is 13.4. The Balaban J connectivity index is 1.83. The van der Waals surface area contributed by atoms with Gasteiger partial charge in [0.2, 0.25) is 5.95 Å². The third kappa shape index (κ3) is 2.95. The van der Waals surface area contributed by atoms with Crippen molar-refractivity contribution in [1.82, 2.24) is 14.9 Å². The summed E-state index contributed by atoms with van der Waals surface area (Å²) < 4.78 is 13.4. The molecule has 0 atom stereocenters. The van der Waals surface area contributed by atoms with Gasteiger partial charge in [0.1, 0.15) is 0 Å². The highest BCUT2D eigenvalue weighted by Gasteiger charge is 2.13. The topological polar surface area (TPSA) is 53.1 Å². The molecule has 0 bridgehead atoms. The Bertz CT molecular complexity index is 659. The fourth-order valence-corrected chi connectivity index (χ4v) is 2.51. The number of aromatic nitrogens is 2. The van der Waals surface area contributed by atoms with Gasteiger partial charge in [-0.1, -0.05) is 6.07 Å². The molecule has 2 heterocycles. The molecule has 6 heteroatoms. The molecule has 3 rings (SSSR count). The van der Waals surface area contributed by atoms with E-state index in [-0.39, 0.29) is 5.82 Å². The van der Waals surface area contributed by atoms with E-state index in [2.05, 4.69) is 44.7 Å². The second kappa shape index (κ2) is 5.65. The van der Waals surface area contributed by atoms with Gasteiger partial charge in [0.05, 0.1) is 6.20 Å². The molecule has 0 spiro atoms. The summed E-state index contributed by atoms with van der Waals surface area (Å²) in [5, 5.41) is 5.83. The van der Waals surface area contributed by atoms with Gasteiger partial charge in [-0.25, -0.2) is 9.37 Å². The van der Waals surface area contributed by atoms with Gasteiger partial charge in [-0.2, -0.15) is 4.98 Å². The first-order valence-electron chi connectivity index (χ1n) is 6.93. The van der Waals surface area contributed by atoms with Crippen molar-refractivity contribution in [2.24, 2.45) is 0 Å². The number of nitrogens with one attached hydrogen (secondary N) is 2. The second-order valence-electron chi connectivity index (χ2n) is 5.24. The summed E-state index contributed by atoms with van der Waals surface area (Å²) in [5.74, 6) is 0.102. The first-order chi connectivity index (χ1) is 10.2. The third-order valence-corrected chi connectivity index (χ3v) is 3.65. The maximum absolute atomic E-state index is 13.4. The number of halogens is 1. The van der Waals surface area contributed by atoms with Crippen LogP contribution in [0.4, 0.5) is 21.8 Å². The summed E-state index contributed by atoms with van der Waals surface area (Å²) in [6, 6.07) is 6.25. The molecule has 2 aromatic rings. The summed E-state index contributed by atoms with van der Waals surface area (Å²) in [7, 11) is 3.75. The number of rotatable bonds is 3. The third-order valence-electron chi connectivity index (χ3n) is 3.65. The van der Waals surface area contributed by atoms with E-state index in [0.29, 0.717) is 5.95 Å². The van der Waals surface area contributed by atoms with Crippen LogP contribution >= 0.6 is 0 Å². The van der Waals surface area contributed by atoms with E-state index >= 15 is 0 Å². The van der Waals surface area contributed by atoms with E-state index in [0.717, 1.165) is 31.4 Å². The van der Waals surface area contributed by atoms with Crippen molar-refractivity contribution in [2.75, 3.05) is 31.3 Å². The lowest BCUT2D eigenvalue weighted by Gasteiger charge is -2.25. The fraction of sp³-hybridized carbons (Fsp3) is 0.333. The summed E-state index contributed by atoms with van der Waals surface area (Å²) in [6.07, 6.45) is 2.23. The molecule has 1 aliphatic heterocycles. The molecule has 2 N–H and O–H groups in total. The molecule has 1 aliphatic rings. The lowest BCUT2D eigenvalue weighted by atomic mass is 9.99. The number of hydrogen-bond acceptors (Lipinski definition) is 5. The quantitative estimate of drug-likeness (QED) is 0.908. The molecule has 0 amide bonds. The lowest BCUT2D eigenvalue weighted by molar-refractivity contribution is 0.313. The minimum absolute atomic E-state index is 0.185. The fourth-order valence-electron chi connectivity index (χ4n) is 2.51. The lowest BCUT2D eigenvalue weighted by Crippen LogP contribution is -2.26. The Labute approximate surface area is 123 Å². The molecule has 0 aliphatic carbocycles. The summed E-state index contributed by atoms with van der Waals surface area (Å²) >= 11 is 0. The molecular formula is C15H18FN5. The average molecular weight is 287 g/mol. The monoisotopic (exact) mass is 287 g/mol. The zero-order valence-corrected chi connectivity index (χ0v) is 12.2. The molecule has 1 aromatic carbocycles. The van der Waals surface area contributed by atoms with Crippen LogP contribution in [0.15, 0.2) is 24.4 Å². The van der Waals surface area contributed by atoms with Crippen molar-refractivity contribution in [2.45, 2.75) is 13.0 Å². The molecule has 5 nitrogen and oxygen atoms in total. The van der Waals surface area contributed by atoms with E-state index in [4.69, 9.17) is 0 Å². The number of fused-ring (bicyclic) bond motifs is 1. The highest BCUT2D eigenvalue weighted by atomic mass is 19.1. The van der Waals surface area contributed by atoms with Crippen molar-refractivity contribution in [3.63, 3.8) is 0 Å². The molecule has 0 saturated heterocycles. The van der Waals surface area contributed by atoms with Gasteiger partial charge in [-0.05, 0) is 36.7 Å². The number of hydrogen-bond donors (Lipinski definition) is 2. The van der Waals surface area contributed by atoms with E-state index in [1.807, 2.05) is 6.07 Å². The van der Waals surface area contributed by atoms with Gasteiger partial charge in [0.15, 0.2) is 11.6 Å². The van der Waals surface area contributed by atoms with Crippen molar-refractivity contribution in [3.05, 3.63) is 41.3 Å². The minimum atomic E-state index is -0.463. The average Bonchev–Trinajstić information content (AvgIpc) is 2.49. The summed E-state index contributed by atoms with van der Waals surface area (Å²) in [4.78, 5) is 10.3. The van der Waals surface area contributed by atoms with Crippen LogP contribution < -0.4 is 10.6 Å². The Morgan fingerprint density at radius 3 is 2.95 bits per heavy atom. The van der Waals surface area contributed by atoms with Crippen molar-refractivity contribution < 1.29 is 4.39 Å². The Kier molecular flexibility index (Phi) is 3.70. The van der Waals surface area contributed by atoms with Crippen LogP contribution in [0.3, 0.4) is 0 Å². The molecule has 0 radical (unpaired) electrons. The van der Waals surface area contributed by atoms with Crippen molar-refractivity contribution in [3.8, 4) is 0 Å². The zero-order valence-electron chi connectivity index (χ0n) is 12.2. The van der Waals surface area contributed by atoms with E-state index in [1.165, 1.54) is 11.1 Å². The Morgan fingerprint density at radius 2 is 2.14 bits per heavy atom. The molecule has 110 valence electrons. The highest BCUT2D eigenvalue weighted by Crippen LogP contribution is 2.23. The predicted octanol–water partition coefficient (Wildman–Crippen LogP) is 2.39. The number of benzene rings is 1. The summed E-state index contributed by atoms with van der Waals surface area (Å²) in [5.41, 5.74) is 3.61. The molecule has 0 saturated carbocycles. The number of nitrogens with zero attached hydrogens (tertiary/aromatic N) is 3. The van der Waals surface area contributed by atoms with Crippen LogP contribution in [0.2, 0.25) is 0 Å². The molecular weight excluding hydrogens is 269 g/mol. The summed E-state index contributed by atoms with van der Waals surface area (Å²) in [6.45, 7) is 2.03. The molecule has 1 aromatic heterocycles. The smallest absolute Gasteiger partial charge is 0.229 e. The van der Waals surface area contributed by atoms with Crippen LogP contribution in [0, 0.1) is 5.82 Å². The standard InChI is InChI=1S/C15H18FN5/c1-17-14-13(16)8-18-15(20-14)19-12-4-3-10-5-6-21(2)9-11(10)7-12/h3-4,7-8H,5-6,9H2,1-2H3,(H2,17,18,19,20). The van der Waals surface area contributed by atoms with Crippen molar-refractivity contribution in [1.29, 1.82) is 0 Å². The SMILES string of the molecule is CNc1nc(Nc2ccc3c(c2)CN(C)CC3)ncc1F. The van der Waals surface area contributed by atoms with Crippen LogP contribution in [-0.2, 0) is 13.0 Å². The van der Waals surface area contributed by atoms with Gasteiger partial charge in [0, 0.05) is 25.8 Å². The van der Waals surface area contributed by atoms with Gasteiger partial charge in [-0.15, -0.1) is 0 Å². The van der Waals surface area contributed by atoms with Crippen LogP contribution in [-0.4, -0.2) is 35.5 Å². The zero-order chi connectivity index (χ0) is 14.8. The first-order valence-corrected chi connectivity index (χ1v) is 6.93. The maximum Gasteiger partial charge on any atom is 0.229 e. The van der Waals surface area contributed by atoms with E-state index in [9.17, 15) is 4.39 Å². The van der Waals surface area contributed by atoms with Gasteiger partial charge < -0.3 is 15.5 Å². The van der Waals surface area contributed by atoms with Gasteiger partial charge in [0.25, 0.3) is 0 Å². The minimum Gasteiger partial charge on any atom is -0.371 e. The number of anilines is 3. The van der Waals surface area contributed by atoms with Crippen LogP contribution in [0.25, 0.3) is 0 Å². The number of likely N-dealkylation sites (N-methyl/N-ethyl adjacent to an activating group) is 1. The molecule has 0 unspecified atom stereocenters. The Hall–Kier alpha value is -2.21. The molecule has 0 fully saturated rings. The second-order valence-corrected chi connectivity index (χ2v) is 5.24. The van der Waals surface area contributed by atoms with E-state index in [1.54, 1.807) is 7.05 Å². The van der Waals surface area contributed by atoms with Gasteiger partial charge >= 0.3 is 0 Å². The van der Waals surface area contributed by atoms with E-state index < -0.39 is 5.82 Å².